The number of nitrogens with one attached hydrogen (secondary N) is 1. The summed E-state index contributed by atoms with van der Waals surface area (Å²) in [6.07, 6.45) is 5.08. The Hall–Kier alpha value is -1.35. The van der Waals surface area contributed by atoms with E-state index in [0.717, 1.165) is 12.1 Å². The summed E-state index contributed by atoms with van der Waals surface area (Å²) < 4.78 is 0. The van der Waals surface area contributed by atoms with Crippen molar-refractivity contribution in [1.29, 1.82) is 0 Å². The van der Waals surface area contributed by atoms with Gasteiger partial charge in [-0.25, -0.2) is 0 Å². The van der Waals surface area contributed by atoms with Gasteiger partial charge in [0.05, 0.1) is 0 Å². The van der Waals surface area contributed by atoms with Gasteiger partial charge in [-0.1, -0.05) is 13.0 Å². The van der Waals surface area contributed by atoms with Gasteiger partial charge < -0.3 is 11.1 Å². The Morgan fingerprint density at radius 2 is 2.17 bits per heavy atom. The fourth-order valence-electron chi connectivity index (χ4n) is 2.59. The van der Waals surface area contributed by atoms with Crippen LogP contribution in [-0.2, 0) is 6.54 Å². The Labute approximate surface area is 109 Å². The van der Waals surface area contributed by atoms with Crippen molar-refractivity contribution >= 4 is 5.91 Å². The quantitative estimate of drug-likeness (QED) is 0.838. The molecule has 1 aliphatic rings. The molecular formula is C15H22N2O. The van der Waals surface area contributed by atoms with Crippen molar-refractivity contribution in [3.8, 4) is 0 Å². The molecule has 0 atom stereocenters. The highest BCUT2D eigenvalue weighted by Crippen LogP contribution is 2.34. The van der Waals surface area contributed by atoms with Crippen molar-refractivity contribution in [3.05, 3.63) is 34.9 Å². The Balaban J connectivity index is 2.03. The average Bonchev–Trinajstić information content (AvgIpc) is 2.29. The van der Waals surface area contributed by atoms with E-state index in [0.29, 0.717) is 11.1 Å². The Bertz CT molecular complexity index is 444. The zero-order valence-corrected chi connectivity index (χ0v) is 11.3. The average molecular weight is 246 g/mol. The molecule has 2 rings (SSSR count). The van der Waals surface area contributed by atoms with Gasteiger partial charge >= 0.3 is 0 Å². The summed E-state index contributed by atoms with van der Waals surface area (Å²) in [5.74, 6) is -0.360. The second-order valence-electron chi connectivity index (χ2n) is 5.35. The lowest BCUT2D eigenvalue weighted by molar-refractivity contribution is 0.1000. The number of carbonyl (C=O) groups excluding carboxylic acids is 1. The molecule has 0 unspecified atom stereocenters. The normalized spacial score (nSPS) is 17.2. The van der Waals surface area contributed by atoms with Crippen molar-refractivity contribution < 1.29 is 4.79 Å². The zero-order valence-electron chi connectivity index (χ0n) is 11.3. The van der Waals surface area contributed by atoms with E-state index in [2.05, 4.69) is 12.2 Å². The SMILES string of the molecule is CCC1(NCc2ccc(C(N)=O)cc2C)CCC1. The summed E-state index contributed by atoms with van der Waals surface area (Å²) in [7, 11) is 0. The van der Waals surface area contributed by atoms with E-state index in [1.807, 2.05) is 25.1 Å². The number of nitrogens with two attached hydrogens (primary N) is 1. The highest BCUT2D eigenvalue weighted by Gasteiger charge is 2.34. The van der Waals surface area contributed by atoms with Gasteiger partial charge in [0.1, 0.15) is 0 Å². The summed E-state index contributed by atoms with van der Waals surface area (Å²) in [6.45, 7) is 5.15. The van der Waals surface area contributed by atoms with Crippen molar-refractivity contribution in [2.24, 2.45) is 5.73 Å². The van der Waals surface area contributed by atoms with Crippen LogP contribution in [-0.4, -0.2) is 11.4 Å². The van der Waals surface area contributed by atoms with Gasteiger partial charge in [0.25, 0.3) is 0 Å². The van der Waals surface area contributed by atoms with Crippen LogP contribution in [0.25, 0.3) is 0 Å². The minimum atomic E-state index is -0.360. The number of amides is 1. The Kier molecular flexibility index (Phi) is 3.71. The molecule has 3 heteroatoms. The van der Waals surface area contributed by atoms with Crippen molar-refractivity contribution in [1.82, 2.24) is 5.32 Å². The summed E-state index contributed by atoms with van der Waals surface area (Å²) in [5.41, 5.74) is 8.60. The molecule has 1 aromatic rings. The number of primary amides is 1. The van der Waals surface area contributed by atoms with Crippen LogP contribution in [0.4, 0.5) is 0 Å². The fourth-order valence-corrected chi connectivity index (χ4v) is 2.59. The second-order valence-corrected chi connectivity index (χ2v) is 5.35. The largest absolute Gasteiger partial charge is 0.366 e. The van der Waals surface area contributed by atoms with Gasteiger partial charge in [-0.05, 0) is 55.9 Å². The lowest BCUT2D eigenvalue weighted by Crippen LogP contribution is -2.49. The van der Waals surface area contributed by atoms with Crippen molar-refractivity contribution in [3.63, 3.8) is 0 Å². The van der Waals surface area contributed by atoms with Gasteiger partial charge in [-0.15, -0.1) is 0 Å². The van der Waals surface area contributed by atoms with Crippen LogP contribution in [0.5, 0.6) is 0 Å². The maximum atomic E-state index is 11.1. The number of hydrogen-bond acceptors (Lipinski definition) is 2. The molecular weight excluding hydrogens is 224 g/mol. The standard InChI is InChI=1S/C15H22N2O/c1-3-15(7-4-8-15)17-10-13-6-5-12(14(16)18)9-11(13)2/h5-6,9,17H,3-4,7-8,10H2,1-2H3,(H2,16,18). The zero-order chi connectivity index (χ0) is 13.2. The molecule has 0 aliphatic heterocycles. The molecule has 18 heavy (non-hydrogen) atoms. The third kappa shape index (κ3) is 2.56. The first-order valence-corrected chi connectivity index (χ1v) is 6.71. The lowest BCUT2D eigenvalue weighted by atomic mass is 9.75. The monoisotopic (exact) mass is 246 g/mol. The number of aryl methyl sites for hydroxylation is 1. The Morgan fingerprint density at radius 3 is 2.61 bits per heavy atom. The number of benzene rings is 1. The number of carbonyl (C=O) groups is 1. The third-order valence-corrected chi connectivity index (χ3v) is 4.27. The van der Waals surface area contributed by atoms with E-state index < -0.39 is 0 Å². The van der Waals surface area contributed by atoms with Crippen LogP contribution in [0.3, 0.4) is 0 Å². The van der Waals surface area contributed by atoms with Crippen LogP contribution < -0.4 is 11.1 Å². The summed E-state index contributed by atoms with van der Waals surface area (Å²) >= 11 is 0. The second kappa shape index (κ2) is 5.11. The maximum Gasteiger partial charge on any atom is 0.248 e. The molecule has 0 aromatic heterocycles. The highest BCUT2D eigenvalue weighted by molar-refractivity contribution is 5.93. The van der Waals surface area contributed by atoms with E-state index in [4.69, 9.17) is 5.73 Å². The molecule has 1 aromatic carbocycles. The maximum absolute atomic E-state index is 11.1. The highest BCUT2D eigenvalue weighted by atomic mass is 16.1. The molecule has 0 saturated heterocycles. The Morgan fingerprint density at radius 1 is 1.44 bits per heavy atom. The topological polar surface area (TPSA) is 55.1 Å². The number of rotatable bonds is 5. The molecule has 1 amide bonds. The fraction of sp³-hybridized carbons (Fsp3) is 0.533. The van der Waals surface area contributed by atoms with Crippen LogP contribution >= 0.6 is 0 Å². The van der Waals surface area contributed by atoms with Gasteiger partial charge in [0.15, 0.2) is 0 Å². The van der Waals surface area contributed by atoms with Gasteiger partial charge in [0, 0.05) is 17.6 Å². The predicted molar refractivity (Wildman–Crippen MR) is 73.4 cm³/mol. The molecule has 98 valence electrons. The van der Waals surface area contributed by atoms with Crippen molar-refractivity contribution in [2.75, 3.05) is 0 Å². The molecule has 0 bridgehead atoms. The first kappa shape index (κ1) is 13.1. The van der Waals surface area contributed by atoms with Crippen LogP contribution in [0.1, 0.15) is 54.1 Å². The molecule has 1 aliphatic carbocycles. The van der Waals surface area contributed by atoms with Crippen LogP contribution in [0, 0.1) is 6.92 Å². The van der Waals surface area contributed by atoms with Crippen molar-refractivity contribution in [2.45, 2.75) is 51.6 Å². The molecule has 1 saturated carbocycles. The molecule has 3 nitrogen and oxygen atoms in total. The summed E-state index contributed by atoms with van der Waals surface area (Å²) in [4.78, 5) is 11.1. The predicted octanol–water partition coefficient (Wildman–Crippen LogP) is 2.52. The first-order valence-electron chi connectivity index (χ1n) is 6.71. The first-order chi connectivity index (χ1) is 8.56. The van der Waals surface area contributed by atoms with Gasteiger partial charge in [0.2, 0.25) is 5.91 Å². The van der Waals surface area contributed by atoms with Crippen LogP contribution in [0.15, 0.2) is 18.2 Å². The summed E-state index contributed by atoms with van der Waals surface area (Å²) in [6, 6.07) is 5.69. The smallest absolute Gasteiger partial charge is 0.248 e. The van der Waals surface area contributed by atoms with E-state index in [-0.39, 0.29) is 5.91 Å². The lowest BCUT2D eigenvalue weighted by Gasteiger charge is -2.42. The van der Waals surface area contributed by atoms with Gasteiger partial charge in [-0.2, -0.15) is 0 Å². The van der Waals surface area contributed by atoms with E-state index in [1.165, 1.54) is 31.2 Å². The molecule has 1 fully saturated rings. The minimum absolute atomic E-state index is 0.356. The number of hydrogen-bond donors (Lipinski definition) is 2. The van der Waals surface area contributed by atoms with E-state index >= 15 is 0 Å². The molecule has 0 radical (unpaired) electrons. The summed E-state index contributed by atoms with van der Waals surface area (Å²) in [5, 5.41) is 3.67. The van der Waals surface area contributed by atoms with E-state index in [9.17, 15) is 4.79 Å². The van der Waals surface area contributed by atoms with Gasteiger partial charge in [-0.3, -0.25) is 4.79 Å². The third-order valence-electron chi connectivity index (χ3n) is 4.27. The molecule has 0 spiro atoms. The molecule has 3 N–H and O–H groups in total. The van der Waals surface area contributed by atoms with Crippen LogP contribution in [0.2, 0.25) is 0 Å². The van der Waals surface area contributed by atoms with E-state index in [1.54, 1.807) is 0 Å². The molecule has 0 heterocycles. The minimum Gasteiger partial charge on any atom is -0.366 e.